The van der Waals surface area contributed by atoms with E-state index in [1.807, 2.05) is 18.2 Å². The van der Waals surface area contributed by atoms with Crippen molar-refractivity contribution in [3.63, 3.8) is 0 Å². The number of benzene rings is 1. The van der Waals surface area contributed by atoms with Crippen molar-refractivity contribution in [2.24, 2.45) is 11.7 Å². The number of hydrogen-bond acceptors (Lipinski definition) is 5. The minimum Gasteiger partial charge on any atom is -0.327 e. The van der Waals surface area contributed by atoms with E-state index in [2.05, 4.69) is 10.6 Å². The molecule has 2 heterocycles. The largest absolute Gasteiger partial charge is 0.327 e. The lowest BCUT2D eigenvalue weighted by molar-refractivity contribution is -0.136. The standard InChI is InChI=1S/C18H22N4O3/c19-14-6-11(14)8-20-7-10-1-2-13-12(5-10)9-22(18(13)25)15-3-4-16(23)21-17(15)24/h1-2,5,11,14-15,20H,3-4,6-9,19H2,(H,21,23,24)/t11-,14+,15?/m0/s1. The van der Waals surface area contributed by atoms with Crippen molar-refractivity contribution in [3.05, 3.63) is 34.9 Å². The van der Waals surface area contributed by atoms with Gasteiger partial charge in [-0.3, -0.25) is 19.7 Å². The molecule has 1 aromatic carbocycles. The van der Waals surface area contributed by atoms with Crippen molar-refractivity contribution in [1.82, 2.24) is 15.5 Å². The molecule has 1 saturated heterocycles. The van der Waals surface area contributed by atoms with Crippen molar-refractivity contribution >= 4 is 17.7 Å². The summed E-state index contributed by atoms with van der Waals surface area (Å²) >= 11 is 0. The lowest BCUT2D eigenvalue weighted by Gasteiger charge is -2.29. The third-order valence-corrected chi connectivity index (χ3v) is 5.30. The molecule has 1 saturated carbocycles. The molecule has 7 heteroatoms. The average molecular weight is 342 g/mol. The maximum absolute atomic E-state index is 12.6. The van der Waals surface area contributed by atoms with Gasteiger partial charge in [-0.15, -0.1) is 0 Å². The third-order valence-electron chi connectivity index (χ3n) is 5.30. The minimum absolute atomic E-state index is 0.132. The highest BCUT2D eigenvalue weighted by atomic mass is 16.2. The molecule has 7 nitrogen and oxygen atoms in total. The summed E-state index contributed by atoms with van der Waals surface area (Å²) in [5.74, 6) is -0.193. The van der Waals surface area contributed by atoms with E-state index in [1.54, 1.807) is 4.90 Å². The number of nitrogens with one attached hydrogen (secondary N) is 2. The Hall–Kier alpha value is -2.25. The van der Waals surface area contributed by atoms with Gasteiger partial charge in [0.2, 0.25) is 11.8 Å². The van der Waals surface area contributed by atoms with E-state index in [-0.39, 0.29) is 24.1 Å². The number of nitrogens with zero attached hydrogens (tertiary/aromatic N) is 1. The van der Waals surface area contributed by atoms with Gasteiger partial charge in [0.25, 0.3) is 5.91 Å². The predicted octanol–water partition coefficient (Wildman–Crippen LogP) is -0.116. The maximum atomic E-state index is 12.6. The van der Waals surface area contributed by atoms with Crippen LogP contribution in [-0.4, -0.2) is 41.2 Å². The molecule has 25 heavy (non-hydrogen) atoms. The Morgan fingerprint density at radius 2 is 2.08 bits per heavy atom. The van der Waals surface area contributed by atoms with Crippen molar-refractivity contribution in [2.45, 2.75) is 44.4 Å². The molecule has 2 aliphatic heterocycles. The van der Waals surface area contributed by atoms with Crippen LogP contribution in [0.25, 0.3) is 0 Å². The summed E-state index contributed by atoms with van der Waals surface area (Å²) in [7, 11) is 0. The highest BCUT2D eigenvalue weighted by Crippen LogP contribution is 2.29. The van der Waals surface area contributed by atoms with Crippen LogP contribution >= 0.6 is 0 Å². The molecular weight excluding hydrogens is 320 g/mol. The second-order valence-electron chi connectivity index (χ2n) is 7.18. The van der Waals surface area contributed by atoms with Crippen molar-refractivity contribution in [1.29, 1.82) is 0 Å². The summed E-state index contributed by atoms with van der Waals surface area (Å²) in [5.41, 5.74) is 8.51. The van der Waals surface area contributed by atoms with E-state index in [1.165, 1.54) is 0 Å². The van der Waals surface area contributed by atoms with Gasteiger partial charge in [0.1, 0.15) is 6.04 Å². The number of amides is 3. The molecule has 0 spiro atoms. The molecule has 4 N–H and O–H groups in total. The quantitative estimate of drug-likeness (QED) is 0.648. The molecule has 1 aromatic rings. The van der Waals surface area contributed by atoms with E-state index in [0.717, 1.165) is 30.6 Å². The lowest BCUT2D eigenvalue weighted by atomic mass is 10.0. The Labute approximate surface area is 145 Å². The number of imide groups is 1. The summed E-state index contributed by atoms with van der Waals surface area (Å²) in [6.45, 7) is 2.07. The molecular formula is C18H22N4O3. The molecule has 1 aliphatic carbocycles. The Kier molecular flexibility index (Phi) is 4.05. The number of hydrogen-bond donors (Lipinski definition) is 3. The molecule has 132 valence electrons. The van der Waals surface area contributed by atoms with Gasteiger partial charge < -0.3 is 16.0 Å². The first-order valence-corrected chi connectivity index (χ1v) is 8.75. The predicted molar refractivity (Wildman–Crippen MR) is 90.3 cm³/mol. The fourth-order valence-corrected chi connectivity index (χ4v) is 3.65. The van der Waals surface area contributed by atoms with Crippen LogP contribution in [-0.2, 0) is 22.7 Å². The molecule has 4 rings (SSSR count). The van der Waals surface area contributed by atoms with Gasteiger partial charge in [-0.25, -0.2) is 0 Å². The van der Waals surface area contributed by atoms with Gasteiger partial charge in [0.15, 0.2) is 0 Å². The summed E-state index contributed by atoms with van der Waals surface area (Å²) in [6.07, 6.45) is 1.75. The van der Waals surface area contributed by atoms with Gasteiger partial charge in [0.05, 0.1) is 0 Å². The second-order valence-corrected chi connectivity index (χ2v) is 7.18. The van der Waals surface area contributed by atoms with Gasteiger partial charge in [-0.2, -0.15) is 0 Å². The molecule has 0 bridgehead atoms. The number of piperidine rings is 1. The normalized spacial score (nSPS) is 28.1. The number of carbonyl (C=O) groups excluding carboxylic acids is 3. The molecule has 3 atom stereocenters. The highest BCUT2D eigenvalue weighted by Gasteiger charge is 2.39. The van der Waals surface area contributed by atoms with E-state index in [4.69, 9.17) is 5.73 Å². The van der Waals surface area contributed by atoms with Crippen LogP contribution in [0.5, 0.6) is 0 Å². The lowest BCUT2D eigenvalue weighted by Crippen LogP contribution is -2.52. The van der Waals surface area contributed by atoms with Gasteiger partial charge in [0, 0.05) is 31.1 Å². The Bertz CT molecular complexity index is 748. The zero-order valence-corrected chi connectivity index (χ0v) is 14.0. The Morgan fingerprint density at radius 1 is 1.28 bits per heavy atom. The molecule has 0 radical (unpaired) electrons. The van der Waals surface area contributed by atoms with Crippen molar-refractivity contribution in [2.75, 3.05) is 6.54 Å². The smallest absolute Gasteiger partial charge is 0.255 e. The minimum atomic E-state index is -0.560. The molecule has 3 amide bonds. The van der Waals surface area contributed by atoms with Crippen molar-refractivity contribution < 1.29 is 14.4 Å². The number of carbonyl (C=O) groups is 3. The first-order chi connectivity index (χ1) is 12.0. The summed E-state index contributed by atoms with van der Waals surface area (Å²) in [4.78, 5) is 37.5. The van der Waals surface area contributed by atoms with Gasteiger partial charge in [-0.1, -0.05) is 12.1 Å². The van der Waals surface area contributed by atoms with Crippen LogP contribution in [0.2, 0.25) is 0 Å². The second kappa shape index (κ2) is 6.24. The number of nitrogens with two attached hydrogens (primary N) is 1. The zero-order valence-electron chi connectivity index (χ0n) is 14.0. The van der Waals surface area contributed by atoms with Crippen LogP contribution in [0.15, 0.2) is 18.2 Å². The first-order valence-electron chi connectivity index (χ1n) is 8.75. The van der Waals surface area contributed by atoms with Gasteiger partial charge >= 0.3 is 0 Å². The fraction of sp³-hybridized carbons (Fsp3) is 0.500. The third kappa shape index (κ3) is 3.17. The fourth-order valence-electron chi connectivity index (χ4n) is 3.65. The van der Waals surface area contributed by atoms with Crippen LogP contribution in [0.4, 0.5) is 0 Å². The summed E-state index contributed by atoms with van der Waals surface area (Å²) in [6, 6.07) is 5.59. The van der Waals surface area contributed by atoms with Crippen molar-refractivity contribution in [3.8, 4) is 0 Å². The van der Waals surface area contributed by atoms with E-state index >= 15 is 0 Å². The maximum Gasteiger partial charge on any atom is 0.255 e. The molecule has 0 aromatic heterocycles. The summed E-state index contributed by atoms with van der Waals surface area (Å²) < 4.78 is 0. The highest BCUT2D eigenvalue weighted by molar-refractivity contribution is 6.05. The SMILES string of the molecule is N[C@@H]1C[C@H]1CNCc1ccc2c(c1)CN(C1CCC(=O)NC1=O)C2=O. The number of fused-ring (bicyclic) bond motifs is 1. The summed E-state index contributed by atoms with van der Waals surface area (Å²) in [5, 5.41) is 5.72. The van der Waals surface area contributed by atoms with Crippen LogP contribution in [0.1, 0.15) is 40.7 Å². The van der Waals surface area contributed by atoms with Crippen LogP contribution < -0.4 is 16.4 Å². The number of rotatable bonds is 5. The van der Waals surface area contributed by atoms with E-state index in [9.17, 15) is 14.4 Å². The Balaban J connectivity index is 1.42. The first kappa shape index (κ1) is 16.2. The molecule has 3 aliphatic rings. The van der Waals surface area contributed by atoms with E-state index in [0.29, 0.717) is 30.5 Å². The van der Waals surface area contributed by atoms with Crippen LogP contribution in [0, 0.1) is 5.92 Å². The Morgan fingerprint density at radius 3 is 2.80 bits per heavy atom. The molecule has 1 unspecified atom stereocenters. The van der Waals surface area contributed by atoms with Crippen LogP contribution in [0.3, 0.4) is 0 Å². The zero-order chi connectivity index (χ0) is 17.6. The monoisotopic (exact) mass is 342 g/mol. The topological polar surface area (TPSA) is 105 Å². The molecule has 2 fully saturated rings. The van der Waals surface area contributed by atoms with Gasteiger partial charge in [-0.05, 0) is 42.5 Å². The average Bonchev–Trinajstić information content (AvgIpc) is 3.18. The van der Waals surface area contributed by atoms with E-state index < -0.39 is 6.04 Å².